The van der Waals surface area contributed by atoms with Crippen molar-refractivity contribution >= 4 is 17.3 Å². The summed E-state index contributed by atoms with van der Waals surface area (Å²) in [6.45, 7) is 4.20. The van der Waals surface area contributed by atoms with Crippen LogP contribution in [0.4, 0.5) is 5.69 Å². The second kappa shape index (κ2) is 5.65. The van der Waals surface area contributed by atoms with Crippen molar-refractivity contribution in [3.8, 4) is 0 Å². The van der Waals surface area contributed by atoms with Crippen LogP contribution in [0.5, 0.6) is 0 Å². The van der Waals surface area contributed by atoms with E-state index >= 15 is 0 Å². The minimum absolute atomic E-state index is 0.115. The molecule has 1 saturated heterocycles. The average molecular weight is 271 g/mol. The van der Waals surface area contributed by atoms with Crippen molar-refractivity contribution in [2.24, 2.45) is 5.10 Å². The molecule has 1 fully saturated rings. The first-order valence-electron chi connectivity index (χ1n) is 7.46. The summed E-state index contributed by atoms with van der Waals surface area (Å²) in [5.74, 6) is 0.115. The molecule has 0 bridgehead atoms. The molecule has 2 aliphatic rings. The summed E-state index contributed by atoms with van der Waals surface area (Å²) in [5, 5.41) is 9.83. The summed E-state index contributed by atoms with van der Waals surface area (Å²) in [4.78, 5) is 11.4. The number of rotatable bonds is 2. The van der Waals surface area contributed by atoms with Gasteiger partial charge in [-0.05, 0) is 55.9 Å². The first-order chi connectivity index (χ1) is 9.72. The van der Waals surface area contributed by atoms with Crippen molar-refractivity contribution < 1.29 is 4.79 Å². The summed E-state index contributed by atoms with van der Waals surface area (Å²) in [6.07, 6.45) is 5.22. The predicted octanol–water partition coefficient (Wildman–Crippen LogP) is 2.78. The fraction of sp³-hybridized carbons (Fsp3) is 0.500. The Balaban J connectivity index is 1.79. The number of hydrogen-bond acceptors (Lipinski definition) is 3. The number of nitrogens with zero attached hydrogens (tertiary/aromatic N) is 2. The van der Waals surface area contributed by atoms with Crippen LogP contribution in [0.25, 0.3) is 0 Å². The van der Waals surface area contributed by atoms with Crippen LogP contribution in [0.15, 0.2) is 23.3 Å². The highest BCUT2D eigenvalue weighted by atomic mass is 16.1. The second-order valence-electron chi connectivity index (χ2n) is 5.62. The molecule has 1 N–H and O–H groups in total. The zero-order valence-corrected chi connectivity index (χ0v) is 12.0. The Labute approximate surface area is 119 Å². The molecule has 1 aromatic carbocycles. The van der Waals surface area contributed by atoms with E-state index in [1.54, 1.807) is 0 Å². The summed E-state index contributed by atoms with van der Waals surface area (Å²) in [7, 11) is 0. The number of aryl methyl sites for hydroxylation is 1. The van der Waals surface area contributed by atoms with Crippen LogP contribution in [0.3, 0.4) is 0 Å². The fourth-order valence-electron chi connectivity index (χ4n) is 2.86. The Kier molecular flexibility index (Phi) is 3.72. The lowest BCUT2D eigenvalue weighted by molar-refractivity contribution is -0.116. The molecule has 0 atom stereocenters. The number of hydrogen-bond donors (Lipinski definition) is 1. The lowest BCUT2D eigenvalue weighted by Crippen LogP contribution is -2.26. The molecule has 106 valence electrons. The lowest BCUT2D eigenvalue weighted by atomic mass is 9.99. The van der Waals surface area contributed by atoms with Crippen molar-refractivity contribution in [3.05, 3.63) is 29.3 Å². The van der Waals surface area contributed by atoms with Gasteiger partial charge in [0.2, 0.25) is 5.91 Å². The van der Waals surface area contributed by atoms with E-state index in [4.69, 9.17) is 5.10 Å². The van der Waals surface area contributed by atoms with Crippen LogP contribution >= 0.6 is 0 Å². The van der Waals surface area contributed by atoms with Crippen molar-refractivity contribution in [3.63, 3.8) is 0 Å². The summed E-state index contributed by atoms with van der Waals surface area (Å²) >= 11 is 0. The van der Waals surface area contributed by atoms with E-state index in [1.807, 2.05) is 12.1 Å². The number of benzene rings is 1. The zero-order valence-electron chi connectivity index (χ0n) is 12.0. The maximum atomic E-state index is 11.4. The molecular weight excluding hydrogens is 250 g/mol. The van der Waals surface area contributed by atoms with Gasteiger partial charge >= 0.3 is 0 Å². The normalized spacial score (nSPS) is 19.6. The standard InChI is InChI=1S/C16H21N3O/c1-12(18-19-9-3-2-4-10-19)13-5-7-15-14(11-13)6-8-16(20)17-15/h5,7,11H,2-4,6,8-10H2,1H3,(H,17,20). The number of hydrazone groups is 1. The Morgan fingerprint density at radius 1 is 1.20 bits per heavy atom. The van der Waals surface area contributed by atoms with E-state index in [9.17, 15) is 4.79 Å². The molecule has 1 amide bonds. The van der Waals surface area contributed by atoms with Gasteiger partial charge in [0.25, 0.3) is 0 Å². The van der Waals surface area contributed by atoms with Gasteiger partial charge in [0.1, 0.15) is 0 Å². The number of anilines is 1. The molecule has 4 nitrogen and oxygen atoms in total. The molecule has 2 aliphatic heterocycles. The lowest BCUT2D eigenvalue weighted by Gasteiger charge is -2.24. The Morgan fingerprint density at radius 3 is 2.80 bits per heavy atom. The molecule has 4 heteroatoms. The van der Waals surface area contributed by atoms with Crippen molar-refractivity contribution in [2.75, 3.05) is 18.4 Å². The summed E-state index contributed by atoms with van der Waals surface area (Å²) in [5.41, 5.74) is 4.39. The Morgan fingerprint density at radius 2 is 2.00 bits per heavy atom. The highest BCUT2D eigenvalue weighted by Gasteiger charge is 2.15. The van der Waals surface area contributed by atoms with Gasteiger partial charge in [0.05, 0.1) is 5.71 Å². The third-order valence-electron chi connectivity index (χ3n) is 4.04. The van der Waals surface area contributed by atoms with Gasteiger partial charge in [-0.25, -0.2) is 0 Å². The second-order valence-corrected chi connectivity index (χ2v) is 5.62. The van der Waals surface area contributed by atoms with Gasteiger partial charge in [0, 0.05) is 25.2 Å². The summed E-state index contributed by atoms with van der Waals surface area (Å²) < 4.78 is 0. The van der Waals surface area contributed by atoms with Crippen LogP contribution in [0, 0.1) is 0 Å². The molecule has 20 heavy (non-hydrogen) atoms. The van der Waals surface area contributed by atoms with E-state index in [0.29, 0.717) is 6.42 Å². The fourth-order valence-corrected chi connectivity index (χ4v) is 2.86. The molecule has 0 aromatic heterocycles. The van der Waals surface area contributed by atoms with E-state index in [1.165, 1.54) is 24.8 Å². The van der Waals surface area contributed by atoms with Crippen molar-refractivity contribution in [1.29, 1.82) is 0 Å². The highest BCUT2D eigenvalue weighted by Crippen LogP contribution is 2.24. The number of piperidine rings is 1. The number of carbonyl (C=O) groups excluding carboxylic acids is 1. The number of nitrogens with one attached hydrogen (secondary N) is 1. The molecular formula is C16H21N3O. The van der Waals surface area contributed by atoms with Gasteiger partial charge in [-0.15, -0.1) is 0 Å². The van der Waals surface area contributed by atoms with Crippen LogP contribution in [0.1, 0.15) is 43.7 Å². The van der Waals surface area contributed by atoms with Crippen LogP contribution < -0.4 is 5.32 Å². The van der Waals surface area contributed by atoms with E-state index in [2.05, 4.69) is 23.3 Å². The SMILES string of the molecule is CC(=NN1CCCCC1)c1ccc2c(c1)CCC(=O)N2. The van der Waals surface area contributed by atoms with Gasteiger partial charge in [0.15, 0.2) is 0 Å². The first kappa shape index (κ1) is 13.2. The van der Waals surface area contributed by atoms with Gasteiger partial charge in [-0.2, -0.15) is 5.10 Å². The monoisotopic (exact) mass is 271 g/mol. The quantitative estimate of drug-likeness (QED) is 0.841. The maximum Gasteiger partial charge on any atom is 0.224 e. The molecule has 0 spiro atoms. The topological polar surface area (TPSA) is 44.7 Å². The zero-order chi connectivity index (χ0) is 13.9. The number of amides is 1. The smallest absolute Gasteiger partial charge is 0.224 e. The third kappa shape index (κ3) is 2.84. The van der Waals surface area contributed by atoms with Crippen LogP contribution in [0.2, 0.25) is 0 Å². The van der Waals surface area contributed by atoms with E-state index in [-0.39, 0.29) is 5.91 Å². The van der Waals surface area contributed by atoms with Gasteiger partial charge in [-0.1, -0.05) is 6.07 Å². The Hall–Kier alpha value is -1.84. The summed E-state index contributed by atoms with van der Waals surface area (Å²) in [6, 6.07) is 6.21. The number of fused-ring (bicyclic) bond motifs is 1. The molecule has 0 aliphatic carbocycles. The average Bonchev–Trinajstić information content (AvgIpc) is 2.47. The first-order valence-corrected chi connectivity index (χ1v) is 7.46. The third-order valence-corrected chi connectivity index (χ3v) is 4.04. The van der Waals surface area contributed by atoms with E-state index < -0.39 is 0 Å². The molecule has 2 heterocycles. The van der Waals surface area contributed by atoms with E-state index in [0.717, 1.165) is 36.5 Å². The molecule has 0 saturated carbocycles. The maximum absolute atomic E-state index is 11.4. The molecule has 0 radical (unpaired) electrons. The molecule has 1 aromatic rings. The van der Waals surface area contributed by atoms with Crippen molar-refractivity contribution in [2.45, 2.75) is 39.0 Å². The van der Waals surface area contributed by atoms with Crippen LogP contribution in [-0.4, -0.2) is 29.7 Å². The van der Waals surface area contributed by atoms with Crippen molar-refractivity contribution in [1.82, 2.24) is 5.01 Å². The Bertz CT molecular complexity index is 545. The van der Waals surface area contributed by atoms with Gasteiger partial charge in [-0.3, -0.25) is 9.80 Å². The van der Waals surface area contributed by atoms with Gasteiger partial charge < -0.3 is 5.32 Å². The minimum atomic E-state index is 0.115. The minimum Gasteiger partial charge on any atom is -0.326 e. The number of carbonyl (C=O) groups is 1. The predicted molar refractivity (Wildman–Crippen MR) is 81.0 cm³/mol. The highest BCUT2D eigenvalue weighted by molar-refractivity contribution is 6.00. The van der Waals surface area contributed by atoms with Crippen LogP contribution in [-0.2, 0) is 11.2 Å². The molecule has 3 rings (SSSR count). The largest absolute Gasteiger partial charge is 0.326 e. The molecule has 0 unspecified atom stereocenters.